The predicted octanol–water partition coefficient (Wildman–Crippen LogP) is 2.12. The van der Waals surface area contributed by atoms with Gasteiger partial charge in [-0.1, -0.05) is 0 Å². The zero-order chi connectivity index (χ0) is 9.26. The summed E-state index contributed by atoms with van der Waals surface area (Å²) in [5, 5.41) is 9.33. The second-order valence-electron chi connectivity index (χ2n) is 2.64. The maximum Gasteiger partial charge on any atom is 0.204 e. The van der Waals surface area contributed by atoms with Gasteiger partial charge >= 0.3 is 0 Å². The summed E-state index contributed by atoms with van der Waals surface area (Å²) in [4.78, 5) is 10.4. The number of hydrogen-bond donors (Lipinski definition) is 0. The molecular formula is C10H5NO2. The molecule has 0 aliphatic rings. The molecule has 0 atom stereocenters. The minimum atomic E-state index is 0.262. The molecule has 0 aliphatic carbocycles. The zero-order valence-electron chi connectivity index (χ0n) is 6.65. The zero-order valence-corrected chi connectivity index (χ0v) is 6.65. The molecule has 0 saturated heterocycles. The number of aldehydes is 1. The molecular weight excluding hydrogens is 166 g/mol. The number of nitriles is 1. The Morgan fingerprint density at radius 3 is 2.92 bits per heavy atom. The molecule has 0 radical (unpaired) electrons. The highest BCUT2D eigenvalue weighted by Gasteiger charge is 2.02. The maximum absolute atomic E-state index is 10.4. The van der Waals surface area contributed by atoms with Crippen LogP contribution < -0.4 is 0 Å². The first-order valence-corrected chi connectivity index (χ1v) is 3.72. The highest BCUT2D eigenvalue weighted by molar-refractivity contribution is 5.86. The van der Waals surface area contributed by atoms with Crippen LogP contribution in [-0.2, 0) is 0 Å². The lowest BCUT2D eigenvalue weighted by Gasteiger charge is -1.88. The van der Waals surface area contributed by atoms with Crippen molar-refractivity contribution >= 4 is 17.3 Å². The standard InChI is InChI=1S/C10H5NO2/c11-5-9-4-8-3-7(6-12)1-2-10(8)13-9/h1-4,6H. The van der Waals surface area contributed by atoms with Crippen molar-refractivity contribution in [1.29, 1.82) is 5.26 Å². The fourth-order valence-electron chi connectivity index (χ4n) is 1.19. The normalized spacial score (nSPS) is 9.77. The molecule has 2 rings (SSSR count). The maximum atomic E-state index is 10.4. The molecule has 3 nitrogen and oxygen atoms in total. The van der Waals surface area contributed by atoms with Crippen molar-refractivity contribution < 1.29 is 9.21 Å². The van der Waals surface area contributed by atoms with Crippen LogP contribution in [0.1, 0.15) is 16.1 Å². The van der Waals surface area contributed by atoms with Crippen LogP contribution in [0.5, 0.6) is 0 Å². The van der Waals surface area contributed by atoms with Gasteiger partial charge in [-0.15, -0.1) is 0 Å². The van der Waals surface area contributed by atoms with Crippen molar-refractivity contribution in [2.24, 2.45) is 0 Å². The Morgan fingerprint density at radius 1 is 1.38 bits per heavy atom. The summed E-state index contributed by atoms with van der Waals surface area (Å²) in [5.74, 6) is 0.262. The number of furan rings is 1. The van der Waals surface area contributed by atoms with Gasteiger partial charge in [-0.25, -0.2) is 0 Å². The minimum absolute atomic E-state index is 0.262. The van der Waals surface area contributed by atoms with Crippen molar-refractivity contribution in [2.75, 3.05) is 0 Å². The van der Waals surface area contributed by atoms with E-state index in [0.717, 1.165) is 11.7 Å². The third kappa shape index (κ3) is 1.18. The van der Waals surface area contributed by atoms with E-state index < -0.39 is 0 Å². The lowest BCUT2D eigenvalue weighted by atomic mass is 10.2. The molecule has 13 heavy (non-hydrogen) atoms. The van der Waals surface area contributed by atoms with Gasteiger partial charge in [0.15, 0.2) is 0 Å². The summed E-state index contributed by atoms with van der Waals surface area (Å²) >= 11 is 0. The van der Waals surface area contributed by atoms with Crippen LogP contribution >= 0.6 is 0 Å². The summed E-state index contributed by atoms with van der Waals surface area (Å²) in [6.07, 6.45) is 0.762. The van der Waals surface area contributed by atoms with E-state index in [9.17, 15) is 4.79 Å². The number of carbonyl (C=O) groups excluding carboxylic acids is 1. The molecule has 0 fully saturated rings. The van der Waals surface area contributed by atoms with Gasteiger partial charge in [0.2, 0.25) is 5.76 Å². The monoisotopic (exact) mass is 171 g/mol. The molecule has 0 bridgehead atoms. The second-order valence-corrected chi connectivity index (χ2v) is 2.64. The van der Waals surface area contributed by atoms with Crippen molar-refractivity contribution in [1.82, 2.24) is 0 Å². The van der Waals surface area contributed by atoms with Crippen LogP contribution in [0.2, 0.25) is 0 Å². The highest BCUT2D eigenvalue weighted by Crippen LogP contribution is 2.19. The smallest absolute Gasteiger partial charge is 0.204 e. The number of rotatable bonds is 1. The Hall–Kier alpha value is -2.08. The topological polar surface area (TPSA) is 54.0 Å². The first kappa shape index (κ1) is 7.56. The van der Waals surface area contributed by atoms with Crippen LogP contribution in [0, 0.1) is 11.3 Å². The number of benzene rings is 1. The average Bonchev–Trinajstić information content (AvgIpc) is 2.58. The number of carbonyl (C=O) groups is 1. The summed E-state index contributed by atoms with van der Waals surface area (Å²) < 4.78 is 5.14. The van der Waals surface area contributed by atoms with E-state index in [-0.39, 0.29) is 5.76 Å². The predicted molar refractivity (Wildman–Crippen MR) is 46.3 cm³/mol. The molecule has 1 heterocycles. The van der Waals surface area contributed by atoms with Gasteiger partial charge in [0, 0.05) is 17.0 Å². The van der Waals surface area contributed by atoms with Crippen LogP contribution in [0.3, 0.4) is 0 Å². The van der Waals surface area contributed by atoms with E-state index in [1.807, 2.05) is 6.07 Å². The van der Waals surface area contributed by atoms with Gasteiger partial charge in [0.1, 0.15) is 17.9 Å². The average molecular weight is 171 g/mol. The van der Waals surface area contributed by atoms with E-state index in [1.165, 1.54) is 0 Å². The van der Waals surface area contributed by atoms with Gasteiger partial charge in [-0.3, -0.25) is 4.79 Å². The van der Waals surface area contributed by atoms with Crippen LogP contribution in [0.15, 0.2) is 28.7 Å². The van der Waals surface area contributed by atoms with E-state index in [1.54, 1.807) is 24.3 Å². The second kappa shape index (κ2) is 2.76. The first-order valence-electron chi connectivity index (χ1n) is 3.72. The fraction of sp³-hybridized carbons (Fsp3) is 0. The molecule has 1 aromatic carbocycles. The SMILES string of the molecule is N#Cc1cc2cc(C=O)ccc2o1. The Balaban J connectivity index is 2.72. The minimum Gasteiger partial charge on any atom is -0.446 e. The number of nitrogens with zero attached hydrogens (tertiary/aromatic N) is 1. The quantitative estimate of drug-likeness (QED) is 0.617. The molecule has 3 heteroatoms. The Kier molecular flexibility index (Phi) is 1.60. The van der Waals surface area contributed by atoms with E-state index in [4.69, 9.17) is 9.68 Å². The molecule has 0 amide bonds. The third-order valence-corrected chi connectivity index (χ3v) is 1.79. The molecule has 0 spiro atoms. The van der Waals surface area contributed by atoms with Gasteiger partial charge in [-0.05, 0) is 18.2 Å². The van der Waals surface area contributed by atoms with Gasteiger partial charge in [0.05, 0.1) is 0 Å². The van der Waals surface area contributed by atoms with Crippen molar-refractivity contribution in [3.05, 3.63) is 35.6 Å². The van der Waals surface area contributed by atoms with Crippen molar-refractivity contribution in [3.63, 3.8) is 0 Å². The Labute approximate surface area is 74.2 Å². The largest absolute Gasteiger partial charge is 0.446 e. The molecule has 0 aliphatic heterocycles. The molecule has 0 saturated carbocycles. The summed E-state index contributed by atoms with van der Waals surface area (Å²) in [6.45, 7) is 0. The van der Waals surface area contributed by atoms with Crippen LogP contribution in [-0.4, -0.2) is 6.29 Å². The van der Waals surface area contributed by atoms with Crippen LogP contribution in [0.4, 0.5) is 0 Å². The number of fused-ring (bicyclic) bond motifs is 1. The van der Waals surface area contributed by atoms with E-state index in [2.05, 4.69) is 0 Å². The van der Waals surface area contributed by atoms with E-state index in [0.29, 0.717) is 11.1 Å². The molecule has 0 N–H and O–H groups in total. The Bertz CT molecular complexity index is 505. The van der Waals surface area contributed by atoms with Gasteiger partial charge in [-0.2, -0.15) is 5.26 Å². The Morgan fingerprint density at radius 2 is 2.23 bits per heavy atom. The van der Waals surface area contributed by atoms with E-state index >= 15 is 0 Å². The first-order chi connectivity index (χ1) is 6.33. The van der Waals surface area contributed by atoms with Crippen molar-refractivity contribution in [3.8, 4) is 6.07 Å². The van der Waals surface area contributed by atoms with Crippen LogP contribution in [0.25, 0.3) is 11.0 Å². The molecule has 1 aromatic heterocycles. The molecule has 62 valence electrons. The lowest BCUT2D eigenvalue weighted by molar-refractivity contribution is 0.112. The van der Waals surface area contributed by atoms with Gasteiger partial charge < -0.3 is 4.42 Å². The highest BCUT2D eigenvalue weighted by atomic mass is 16.3. The van der Waals surface area contributed by atoms with Gasteiger partial charge in [0.25, 0.3) is 0 Å². The summed E-state index contributed by atoms with van der Waals surface area (Å²) in [6, 6.07) is 8.53. The summed E-state index contributed by atoms with van der Waals surface area (Å²) in [5.41, 5.74) is 1.21. The number of hydrogen-bond acceptors (Lipinski definition) is 3. The lowest BCUT2D eigenvalue weighted by Crippen LogP contribution is -1.75. The summed E-state index contributed by atoms with van der Waals surface area (Å²) in [7, 11) is 0. The molecule has 2 aromatic rings. The molecule has 0 unspecified atom stereocenters. The van der Waals surface area contributed by atoms with Crippen molar-refractivity contribution in [2.45, 2.75) is 0 Å². The third-order valence-electron chi connectivity index (χ3n) is 1.79. The fourth-order valence-corrected chi connectivity index (χ4v) is 1.19.